The Morgan fingerprint density at radius 2 is 2.55 bits per heavy atom. The maximum absolute atomic E-state index is 8.71. The smallest absolute Gasteiger partial charge is 0.100 e. The fraction of sp³-hybridized carbons (Fsp3) is 0.875. The van der Waals surface area contributed by atoms with Crippen LogP contribution in [0.3, 0.4) is 0 Å². The molecule has 3 nitrogen and oxygen atoms in total. The number of nitrogens with zero attached hydrogens (tertiary/aromatic N) is 1. The summed E-state index contributed by atoms with van der Waals surface area (Å²) in [5.74, 6) is 0.388. The quantitative estimate of drug-likeness (QED) is 0.631. The van der Waals surface area contributed by atoms with Gasteiger partial charge in [0, 0.05) is 12.5 Å². The first-order valence-corrected chi connectivity index (χ1v) is 4.03. The fourth-order valence-electron chi connectivity index (χ4n) is 1.43. The Labute approximate surface area is 67.3 Å². The minimum atomic E-state index is -0.0321. The molecule has 0 aromatic carbocycles. The molecule has 1 fully saturated rings. The first kappa shape index (κ1) is 8.51. The van der Waals surface area contributed by atoms with Gasteiger partial charge in [-0.25, -0.2) is 0 Å². The number of nitrogens with one attached hydrogen (secondary N) is 1. The fourth-order valence-corrected chi connectivity index (χ4v) is 1.43. The van der Waals surface area contributed by atoms with Crippen LogP contribution in [-0.2, 0) is 4.74 Å². The normalized spacial score (nSPS) is 27.5. The minimum Gasteiger partial charge on any atom is -0.381 e. The number of ether oxygens (including phenoxy) is 1. The molecule has 0 bridgehead atoms. The molecule has 1 rings (SSSR count). The highest BCUT2D eigenvalue weighted by molar-refractivity contribution is 4.94. The summed E-state index contributed by atoms with van der Waals surface area (Å²) in [6, 6.07) is 2.20. The number of hydrogen-bond donors (Lipinski definition) is 1. The first-order valence-electron chi connectivity index (χ1n) is 4.03. The minimum absolute atomic E-state index is 0.0321. The van der Waals surface area contributed by atoms with E-state index in [1.54, 1.807) is 0 Å². The lowest BCUT2D eigenvalue weighted by Gasteiger charge is -2.25. The highest BCUT2D eigenvalue weighted by Gasteiger charge is 2.22. The summed E-state index contributed by atoms with van der Waals surface area (Å²) in [6.45, 7) is 1.59. The van der Waals surface area contributed by atoms with Crippen LogP contribution in [0, 0.1) is 17.2 Å². The summed E-state index contributed by atoms with van der Waals surface area (Å²) in [5, 5.41) is 11.7. The van der Waals surface area contributed by atoms with E-state index in [9.17, 15) is 0 Å². The molecule has 3 heteroatoms. The third-order valence-electron chi connectivity index (χ3n) is 2.12. The van der Waals surface area contributed by atoms with Crippen molar-refractivity contribution in [1.29, 1.82) is 5.26 Å². The summed E-state index contributed by atoms with van der Waals surface area (Å²) in [5.41, 5.74) is 0. The Kier molecular flexibility index (Phi) is 3.34. The lowest BCUT2D eigenvalue weighted by atomic mass is 9.95. The molecule has 0 radical (unpaired) electrons. The molecule has 0 aliphatic carbocycles. The monoisotopic (exact) mass is 154 g/mol. The van der Waals surface area contributed by atoms with E-state index in [0.29, 0.717) is 5.92 Å². The number of hydrogen-bond acceptors (Lipinski definition) is 3. The Hall–Kier alpha value is -0.590. The molecule has 1 heterocycles. The van der Waals surface area contributed by atoms with Gasteiger partial charge in [-0.2, -0.15) is 5.26 Å². The standard InChI is InChI=1S/C8H14N2O/c1-10-8(5-9)7-3-2-4-11-6-7/h7-8,10H,2-4,6H2,1H3. The van der Waals surface area contributed by atoms with Gasteiger partial charge in [-0.15, -0.1) is 0 Å². The van der Waals surface area contributed by atoms with Gasteiger partial charge in [-0.3, -0.25) is 0 Å². The summed E-state index contributed by atoms with van der Waals surface area (Å²) in [7, 11) is 1.82. The topological polar surface area (TPSA) is 45.0 Å². The molecule has 0 aromatic heterocycles. The Bertz CT molecular complexity index is 147. The van der Waals surface area contributed by atoms with Gasteiger partial charge in [-0.1, -0.05) is 0 Å². The molecule has 0 spiro atoms. The molecule has 0 saturated carbocycles. The van der Waals surface area contributed by atoms with Crippen molar-refractivity contribution in [1.82, 2.24) is 5.32 Å². The van der Waals surface area contributed by atoms with E-state index in [0.717, 1.165) is 26.1 Å². The second kappa shape index (κ2) is 4.32. The highest BCUT2D eigenvalue weighted by atomic mass is 16.5. The summed E-state index contributed by atoms with van der Waals surface area (Å²) in [6.07, 6.45) is 2.20. The molecule has 1 N–H and O–H groups in total. The number of nitriles is 1. The van der Waals surface area contributed by atoms with Crippen LogP contribution in [0.2, 0.25) is 0 Å². The van der Waals surface area contributed by atoms with E-state index in [4.69, 9.17) is 10.00 Å². The van der Waals surface area contributed by atoms with Crippen molar-refractivity contribution in [3.63, 3.8) is 0 Å². The van der Waals surface area contributed by atoms with E-state index >= 15 is 0 Å². The van der Waals surface area contributed by atoms with Crippen molar-refractivity contribution in [2.24, 2.45) is 5.92 Å². The van der Waals surface area contributed by atoms with Crippen LogP contribution in [0.4, 0.5) is 0 Å². The highest BCUT2D eigenvalue weighted by Crippen LogP contribution is 2.16. The van der Waals surface area contributed by atoms with Crippen LogP contribution in [0.15, 0.2) is 0 Å². The molecule has 0 amide bonds. The van der Waals surface area contributed by atoms with E-state index in [1.165, 1.54) is 0 Å². The van der Waals surface area contributed by atoms with Crippen molar-refractivity contribution in [2.75, 3.05) is 20.3 Å². The first-order chi connectivity index (χ1) is 5.38. The largest absolute Gasteiger partial charge is 0.381 e. The van der Waals surface area contributed by atoms with Gasteiger partial charge in [-0.05, 0) is 19.9 Å². The average molecular weight is 154 g/mol. The van der Waals surface area contributed by atoms with Crippen molar-refractivity contribution in [2.45, 2.75) is 18.9 Å². The summed E-state index contributed by atoms with van der Waals surface area (Å²) < 4.78 is 5.28. The lowest BCUT2D eigenvalue weighted by Crippen LogP contribution is -2.36. The molecule has 1 saturated heterocycles. The van der Waals surface area contributed by atoms with Crippen molar-refractivity contribution >= 4 is 0 Å². The SMILES string of the molecule is CNC(C#N)C1CCCOC1. The molecular formula is C8H14N2O. The third-order valence-corrected chi connectivity index (χ3v) is 2.12. The van der Waals surface area contributed by atoms with Crippen molar-refractivity contribution < 1.29 is 4.74 Å². The van der Waals surface area contributed by atoms with Crippen LogP contribution in [-0.4, -0.2) is 26.3 Å². The lowest BCUT2D eigenvalue weighted by molar-refractivity contribution is 0.0477. The Morgan fingerprint density at radius 3 is 3.00 bits per heavy atom. The van der Waals surface area contributed by atoms with Gasteiger partial charge < -0.3 is 10.1 Å². The van der Waals surface area contributed by atoms with Crippen molar-refractivity contribution in [3.8, 4) is 6.07 Å². The third kappa shape index (κ3) is 2.18. The van der Waals surface area contributed by atoms with Crippen LogP contribution in [0.5, 0.6) is 0 Å². The maximum atomic E-state index is 8.71. The Balaban J connectivity index is 2.38. The second-order valence-corrected chi connectivity index (χ2v) is 2.87. The zero-order chi connectivity index (χ0) is 8.10. The van der Waals surface area contributed by atoms with E-state index in [2.05, 4.69) is 11.4 Å². The molecule has 0 aromatic rings. The van der Waals surface area contributed by atoms with Crippen LogP contribution in [0.1, 0.15) is 12.8 Å². The predicted molar refractivity (Wildman–Crippen MR) is 42.0 cm³/mol. The summed E-state index contributed by atoms with van der Waals surface area (Å²) in [4.78, 5) is 0. The van der Waals surface area contributed by atoms with Crippen LogP contribution < -0.4 is 5.32 Å². The second-order valence-electron chi connectivity index (χ2n) is 2.87. The summed E-state index contributed by atoms with van der Waals surface area (Å²) >= 11 is 0. The van der Waals surface area contributed by atoms with Crippen molar-refractivity contribution in [3.05, 3.63) is 0 Å². The molecule has 62 valence electrons. The molecular weight excluding hydrogens is 140 g/mol. The molecule has 2 atom stereocenters. The number of rotatable bonds is 2. The average Bonchev–Trinajstić information content (AvgIpc) is 2.09. The van der Waals surface area contributed by atoms with Gasteiger partial charge in [0.15, 0.2) is 0 Å². The Morgan fingerprint density at radius 1 is 1.73 bits per heavy atom. The maximum Gasteiger partial charge on any atom is 0.100 e. The molecule has 2 unspecified atom stereocenters. The predicted octanol–water partition coefficient (Wildman–Crippen LogP) is 0.525. The van der Waals surface area contributed by atoms with Crippen LogP contribution in [0.25, 0.3) is 0 Å². The molecule has 1 aliphatic heterocycles. The van der Waals surface area contributed by atoms with E-state index in [-0.39, 0.29) is 6.04 Å². The van der Waals surface area contributed by atoms with E-state index < -0.39 is 0 Å². The van der Waals surface area contributed by atoms with Gasteiger partial charge in [0.25, 0.3) is 0 Å². The zero-order valence-corrected chi connectivity index (χ0v) is 6.84. The van der Waals surface area contributed by atoms with Gasteiger partial charge in [0.05, 0.1) is 12.7 Å². The van der Waals surface area contributed by atoms with Gasteiger partial charge in [0.1, 0.15) is 6.04 Å². The van der Waals surface area contributed by atoms with Crippen LogP contribution >= 0.6 is 0 Å². The van der Waals surface area contributed by atoms with Gasteiger partial charge >= 0.3 is 0 Å². The zero-order valence-electron chi connectivity index (χ0n) is 6.84. The van der Waals surface area contributed by atoms with Gasteiger partial charge in [0.2, 0.25) is 0 Å². The molecule has 11 heavy (non-hydrogen) atoms. The van der Waals surface area contributed by atoms with E-state index in [1.807, 2.05) is 7.05 Å². The molecule has 1 aliphatic rings.